The van der Waals surface area contributed by atoms with Gasteiger partial charge in [0.15, 0.2) is 0 Å². The van der Waals surface area contributed by atoms with Crippen molar-refractivity contribution < 1.29 is 0 Å². The first kappa shape index (κ1) is 13.7. The Morgan fingerprint density at radius 2 is 1.75 bits per heavy atom. The molecule has 3 rings (SSSR count). The summed E-state index contributed by atoms with van der Waals surface area (Å²) in [6.07, 6.45) is 3.17. The smallest absolute Gasteiger partial charge is 0.0539 e. The summed E-state index contributed by atoms with van der Waals surface area (Å²) in [7, 11) is 0. The summed E-state index contributed by atoms with van der Waals surface area (Å²) in [5.41, 5.74) is 10.1. The van der Waals surface area contributed by atoms with Gasteiger partial charge in [-0.3, -0.25) is 0 Å². The van der Waals surface area contributed by atoms with Crippen molar-refractivity contribution in [3.8, 4) is 0 Å². The van der Waals surface area contributed by atoms with Gasteiger partial charge in [0.05, 0.1) is 5.54 Å². The minimum atomic E-state index is -0.0256. The molecule has 0 radical (unpaired) electrons. The molecular weight excluding hydrogens is 312 g/mol. The first-order chi connectivity index (χ1) is 9.71. The van der Waals surface area contributed by atoms with Gasteiger partial charge in [-0.05, 0) is 54.7 Å². The summed E-state index contributed by atoms with van der Waals surface area (Å²) in [5, 5.41) is 3.67. The van der Waals surface area contributed by atoms with Gasteiger partial charge >= 0.3 is 0 Å². The summed E-state index contributed by atoms with van der Waals surface area (Å²) >= 11 is 3.47. The van der Waals surface area contributed by atoms with Crippen LogP contribution in [0.5, 0.6) is 0 Å². The SMILES string of the molecule is NCC1(Nc2ccc(Br)cc2)CCc2ccccc2C1. The molecule has 0 bridgehead atoms. The van der Waals surface area contributed by atoms with Crippen molar-refractivity contribution in [2.75, 3.05) is 11.9 Å². The zero-order valence-corrected chi connectivity index (χ0v) is 13.0. The maximum Gasteiger partial charge on any atom is 0.0539 e. The fourth-order valence-corrected chi connectivity index (χ4v) is 3.24. The molecule has 1 atom stereocenters. The van der Waals surface area contributed by atoms with Gasteiger partial charge in [0, 0.05) is 16.7 Å². The molecule has 0 fully saturated rings. The number of rotatable bonds is 3. The summed E-state index contributed by atoms with van der Waals surface area (Å²) in [4.78, 5) is 0. The van der Waals surface area contributed by atoms with Crippen molar-refractivity contribution in [2.24, 2.45) is 5.73 Å². The molecule has 0 aromatic heterocycles. The normalized spacial score (nSPS) is 21.3. The van der Waals surface area contributed by atoms with Gasteiger partial charge in [-0.1, -0.05) is 40.2 Å². The summed E-state index contributed by atoms with van der Waals surface area (Å²) < 4.78 is 1.10. The molecule has 0 saturated carbocycles. The maximum atomic E-state index is 6.10. The number of hydrogen-bond acceptors (Lipinski definition) is 2. The molecule has 0 amide bonds. The summed E-state index contributed by atoms with van der Waals surface area (Å²) in [6.45, 7) is 0.650. The van der Waals surface area contributed by atoms with Gasteiger partial charge in [-0.2, -0.15) is 0 Å². The third-order valence-electron chi connectivity index (χ3n) is 4.16. The summed E-state index contributed by atoms with van der Waals surface area (Å²) in [5.74, 6) is 0. The van der Waals surface area contributed by atoms with Gasteiger partial charge in [0.2, 0.25) is 0 Å². The fourth-order valence-electron chi connectivity index (χ4n) is 2.97. The molecule has 3 heteroatoms. The van der Waals surface area contributed by atoms with Gasteiger partial charge in [0.25, 0.3) is 0 Å². The van der Waals surface area contributed by atoms with Gasteiger partial charge in [-0.25, -0.2) is 0 Å². The van der Waals surface area contributed by atoms with Crippen LogP contribution in [0.2, 0.25) is 0 Å². The first-order valence-electron chi connectivity index (χ1n) is 7.01. The number of nitrogens with one attached hydrogen (secondary N) is 1. The van der Waals surface area contributed by atoms with Crippen molar-refractivity contribution in [3.63, 3.8) is 0 Å². The molecule has 0 spiro atoms. The Morgan fingerprint density at radius 3 is 2.45 bits per heavy atom. The lowest BCUT2D eigenvalue weighted by Crippen LogP contribution is -2.49. The number of nitrogens with two attached hydrogens (primary N) is 1. The number of anilines is 1. The Labute approximate surface area is 128 Å². The van der Waals surface area contributed by atoms with Crippen LogP contribution in [-0.4, -0.2) is 12.1 Å². The molecule has 1 aliphatic carbocycles. The Bertz CT molecular complexity index is 594. The second kappa shape index (κ2) is 5.58. The molecule has 104 valence electrons. The highest BCUT2D eigenvalue weighted by molar-refractivity contribution is 9.10. The van der Waals surface area contributed by atoms with E-state index in [4.69, 9.17) is 5.73 Å². The van der Waals surface area contributed by atoms with Crippen LogP contribution in [0.25, 0.3) is 0 Å². The average Bonchev–Trinajstić information content (AvgIpc) is 2.49. The molecule has 0 aliphatic heterocycles. The lowest BCUT2D eigenvalue weighted by atomic mass is 9.78. The minimum Gasteiger partial charge on any atom is -0.378 e. The monoisotopic (exact) mass is 330 g/mol. The van der Waals surface area contributed by atoms with Crippen LogP contribution in [0.1, 0.15) is 17.5 Å². The van der Waals surface area contributed by atoms with Gasteiger partial charge < -0.3 is 11.1 Å². The zero-order chi connectivity index (χ0) is 14.0. The van der Waals surface area contributed by atoms with Crippen molar-refractivity contribution in [1.29, 1.82) is 0 Å². The van der Waals surface area contributed by atoms with E-state index in [1.54, 1.807) is 0 Å². The minimum absolute atomic E-state index is 0.0256. The van der Waals surface area contributed by atoms with Crippen molar-refractivity contribution in [2.45, 2.75) is 24.8 Å². The van der Waals surface area contributed by atoms with Crippen molar-refractivity contribution in [3.05, 3.63) is 64.1 Å². The van der Waals surface area contributed by atoms with Crippen LogP contribution in [0, 0.1) is 0 Å². The largest absolute Gasteiger partial charge is 0.378 e. The fraction of sp³-hybridized carbons (Fsp3) is 0.294. The van der Waals surface area contributed by atoms with E-state index in [9.17, 15) is 0 Å². The van der Waals surface area contributed by atoms with E-state index < -0.39 is 0 Å². The number of fused-ring (bicyclic) bond motifs is 1. The molecule has 2 aromatic carbocycles. The Balaban J connectivity index is 1.84. The van der Waals surface area contributed by atoms with Crippen LogP contribution >= 0.6 is 15.9 Å². The Hall–Kier alpha value is -1.32. The van der Waals surface area contributed by atoms with Crippen LogP contribution < -0.4 is 11.1 Å². The Morgan fingerprint density at radius 1 is 1.05 bits per heavy atom. The first-order valence-corrected chi connectivity index (χ1v) is 7.81. The van der Waals surface area contributed by atoms with Crippen LogP contribution in [0.3, 0.4) is 0 Å². The lowest BCUT2D eigenvalue weighted by Gasteiger charge is -2.39. The average molecular weight is 331 g/mol. The molecule has 0 saturated heterocycles. The van der Waals surface area contributed by atoms with Gasteiger partial charge in [0.1, 0.15) is 0 Å². The zero-order valence-electron chi connectivity index (χ0n) is 11.4. The number of aryl methyl sites for hydroxylation is 1. The molecular formula is C17H19BrN2. The quantitative estimate of drug-likeness (QED) is 0.899. The highest BCUT2D eigenvalue weighted by atomic mass is 79.9. The molecule has 2 nitrogen and oxygen atoms in total. The maximum absolute atomic E-state index is 6.10. The Kier molecular flexibility index (Phi) is 3.81. The van der Waals surface area contributed by atoms with Crippen LogP contribution in [0.4, 0.5) is 5.69 Å². The highest BCUT2D eigenvalue weighted by Crippen LogP contribution is 2.31. The molecule has 0 heterocycles. The number of halogens is 1. The number of hydrogen-bond donors (Lipinski definition) is 2. The second-order valence-electron chi connectivity index (χ2n) is 5.56. The third-order valence-corrected chi connectivity index (χ3v) is 4.69. The van der Waals surface area contributed by atoms with Crippen LogP contribution in [0.15, 0.2) is 53.0 Å². The highest BCUT2D eigenvalue weighted by Gasteiger charge is 2.32. The predicted molar refractivity (Wildman–Crippen MR) is 88.0 cm³/mol. The standard InChI is InChI=1S/C17H19BrN2/c18-15-5-7-16(8-6-15)20-17(12-19)10-9-13-3-1-2-4-14(13)11-17/h1-8,20H,9-12,19H2. The van der Waals surface area contributed by atoms with E-state index in [-0.39, 0.29) is 5.54 Å². The van der Waals surface area contributed by atoms with Gasteiger partial charge in [-0.15, -0.1) is 0 Å². The van der Waals surface area contributed by atoms with E-state index in [1.165, 1.54) is 11.1 Å². The molecule has 1 aliphatic rings. The molecule has 2 aromatic rings. The van der Waals surface area contributed by atoms with E-state index in [2.05, 4.69) is 69.8 Å². The number of benzene rings is 2. The van der Waals surface area contributed by atoms with Crippen molar-refractivity contribution >= 4 is 21.6 Å². The lowest BCUT2D eigenvalue weighted by molar-refractivity contribution is 0.417. The second-order valence-corrected chi connectivity index (χ2v) is 6.48. The van der Waals surface area contributed by atoms with E-state index in [0.717, 1.165) is 29.4 Å². The third kappa shape index (κ3) is 2.74. The molecule has 1 unspecified atom stereocenters. The van der Waals surface area contributed by atoms with E-state index in [1.807, 2.05) is 0 Å². The summed E-state index contributed by atoms with van der Waals surface area (Å²) in [6, 6.07) is 17.0. The topological polar surface area (TPSA) is 38.0 Å². The van der Waals surface area contributed by atoms with E-state index in [0.29, 0.717) is 6.54 Å². The molecule has 3 N–H and O–H groups in total. The predicted octanol–water partition coefficient (Wildman–Crippen LogP) is 3.75. The van der Waals surface area contributed by atoms with Crippen molar-refractivity contribution in [1.82, 2.24) is 0 Å². The van der Waals surface area contributed by atoms with E-state index >= 15 is 0 Å². The van der Waals surface area contributed by atoms with Crippen LogP contribution in [-0.2, 0) is 12.8 Å². The molecule has 20 heavy (non-hydrogen) atoms.